The highest BCUT2D eigenvalue weighted by Gasteiger charge is 2.32. The number of aromatic amines is 1. The second-order valence-corrected chi connectivity index (χ2v) is 8.59. The van der Waals surface area contributed by atoms with Gasteiger partial charge in [0, 0.05) is 42.5 Å². The first kappa shape index (κ1) is 17.9. The molecule has 7 heteroatoms. The fraction of sp³-hybridized carbons (Fsp3) is 0.250. The summed E-state index contributed by atoms with van der Waals surface area (Å²) in [6, 6.07) is 17.1. The van der Waals surface area contributed by atoms with E-state index >= 15 is 0 Å². The second-order valence-electron chi connectivity index (χ2n) is 6.69. The van der Waals surface area contributed by atoms with Crippen LogP contribution in [0.2, 0.25) is 0 Å². The molecule has 6 nitrogen and oxygen atoms in total. The van der Waals surface area contributed by atoms with Crippen LogP contribution in [0.15, 0.2) is 65.7 Å². The largest absolute Gasteiger partial charge is 0.308 e. The van der Waals surface area contributed by atoms with Crippen molar-refractivity contribution in [2.75, 3.05) is 19.6 Å². The van der Waals surface area contributed by atoms with Crippen molar-refractivity contribution < 1.29 is 8.42 Å². The molecular formula is C20H22N4O2S. The zero-order valence-electron chi connectivity index (χ0n) is 15.1. The van der Waals surface area contributed by atoms with Gasteiger partial charge in [0.15, 0.2) is 0 Å². The number of hydrogen-bond acceptors (Lipinski definition) is 4. The topological polar surface area (TPSA) is 78.1 Å². The van der Waals surface area contributed by atoms with E-state index in [1.165, 1.54) is 0 Å². The molecule has 1 aromatic heterocycles. The van der Waals surface area contributed by atoms with E-state index in [2.05, 4.69) is 15.5 Å². The number of aryl methyl sites for hydroxylation is 1. The predicted molar refractivity (Wildman–Crippen MR) is 105 cm³/mol. The molecule has 0 bridgehead atoms. The number of hydrogen-bond donors (Lipinski definition) is 2. The summed E-state index contributed by atoms with van der Waals surface area (Å²) in [5, 5.41) is 10.3. The third kappa shape index (κ3) is 3.41. The van der Waals surface area contributed by atoms with Gasteiger partial charge in [-0.05, 0) is 18.6 Å². The van der Waals surface area contributed by atoms with Crippen molar-refractivity contribution in [3.8, 4) is 11.1 Å². The van der Waals surface area contributed by atoms with Gasteiger partial charge in [-0.15, -0.1) is 0 Å². The molecule has 0 saturated carbocycles. The highest BCUT2D eigenvalue weighted by Crippen LogP contribution is 2.32. The van der Waals surface area contributed by atoms with Crippen LogP contribution in [0.4, 0.5) is 0 Å². The van der Waals surface area contributed by atoms with Gasteiger partial charge < -0.3 is 5.32 Å². The number of nitrogens with zero attached hydrogens (tertiary/aromatic N) is 2. The smallest absolute Gasteiger partial charge is 0.243 e. The number of sulfonamides is 1. The lowest BCUT2D eigenvalue weighted by Gasteiger charge is -2.33. The number of rotatable bonds is 4. The maximum atomic E-state index is 13.5. The maximum Gasteiger partial charge on any atom is 0.243 e. The van der Waals surface area contributed by atoms with Crippen molar-refractivity contribution in [3.63, 3.8) is 0 Å². The molecular weight excluding hydrogens is 360 g/mol. The first-order valence-electron chi connectivity index (χ1n) is 8.95. The summed E-state index contributed by atoms with van der Waals surface area (Å²) in [5.74, 6) is 0. The average molecular weight is 382 g/mol. The monoisotopic (exact) mass is 382 g/mol. The Morgan fingerprint density at radius 3 is 2.52 bits per heavy atom. The minimum absolute atomic E-state index is 0.0162. The van der Waals surface area contributed by atoms with Gasteiger partial charge >= 0.3 is 0 Å². The first-order valence-corrected chi connectivity index (χ1v) is 10.4. The molecule has 2 N–H and O–H groups in total. The molecule has 3 aromatic rings. The van der Waals surface area contributed by atoms with Crippen molar-refractivity contribution >= 4 is 10.0 Å². The summed E-state index contributed by atoms with van der Waals surface area (Å²) in [4.78, 5) is 0.322. The zero-order valence-corrected chi connectivity index (χ0v) is 15.9. The quantitative estimate of drug-likeness (QED) is 0.727. The van der Waals surface area contributed by atoms with Gasteiger partial charge in [0.05, 0.1) is 11.1 Å². The summed E-state index contributed by atoms with van der Waals surface area (Å²) in [6.45, 7) is 3.36. The predicted octanol–water partition coefficient (Wildman–Crippen LogP) is 2.72. The van der Waals surface area contributed by atoms with Gasteiger partial charge in [-0.1, -0.05) is 48.5 Å². The lowest BCUT2D eigenvalue weighted by Crippen LogP contribution is -2.48. The molecule has 2 aromatic carbocycles. The normalized spacial score (nSPS) is 18.5. The molecule has 0 radical (unpaired) electrons. The van der Waals surface area contributed by atoms with Crippen LogP contribution >= 0.6 is 0 Å². The highest BCUT2D eigenvalue weighted by molar-refractivity contribution is 7.89. The summed E-state index contributed by atoms with van der Waals surface area (Å²) < 4.78 is 28.5. The molecule has 1 atom stereocenters. The number of nitrogens with one attached hydrogen (secondary N) is 2. The van der Waals surface area contributed by atoms with Gasteiger partial charge in [-0.3, -0.25) is 5.10 Å². The van der Waals surface area contributed by atoms with Gasteiger partial charge in [-0.25, -0.2) is 8.42 Å². The van der Waals surface area contributed by atoms with Crippen molar-refractivity contribution in [3.05, 3.63) is 72.1 Å². The minimum atomic E-state index is -3.62. The van der Waals surface area contributed by atoms with E-state index in [4.69, 9.17) is 0 Å². The molecule has 4 rings (SSSR count). The van der Waals surface area contributed by atoms with E-state index in [0.717, 1.165) is 16.8 Å². The fourth-order valence-electron chi connectivity index (χ4n) is 3.53. The van der Waals surface area contributed by atoms with Crippen LogP contribution in [0.3, 0.4) is 0 Å². The van der Waals surface area contributed by atoms with Gasteiger partial charge in [-0.2, -0.15) is 9.40 Å². The molecule has 1 aliphatic heterocycles. The third-order valence-corrected chi connectivity index (χ3v) is 6.89. The summed E-state index contributed by atoms with van der Waals surface area (Å²) >= 11 is 0. The Bertz CT molecular complexity index is 1030. The Hall–Kier alpha value is -2.48. The SMILES string of the molecule is Cc1[nH]ncc1-c1ccccc1S(=O)(=O)N1CCNC(c2ccccc2)C1. The van der Waals surface area contributed by atoms with Crippen LogP contribution < -0.4 is 5.32 Å². The Labute approximate surface area is 159 Å². The van der Waals surface area contributed by atoms with Crippen molar-refractivity contribution in [2.24, 2.45) is 0 Å². The number of piperazine rings is 1. The van der Waals surface area contributed by atoms with Crippen LogP contribution in [0.1, 0.15) is 17.3 Å². The van der Waals surface area contributed by atoms with Crippen LogP contribution in [0, 0.1) is 6.92 Å². The third-order valence-electron chi connectivity index (χ3n) is 4.97. The second kappa shape index (κ2) is 7.26. The van der Waals surface area contributed by atoms with Crippen LogP contribution in [0.5, 0.6) is 0 Å². The van der Waals surface area contributed by atoms with Gasteiger partial charge in [0.2, 0.25) is 10.0 Å². The molecule has 27 heavy (non-hydrogen) atoms. The van der Waals surface area contributed by atoms with Gasteiger partial charge in [0.1, 0.15) is 0 Å². The number of aromatic nitrogens is 2. The molecule has 1 aliphatic rings. The van der Waals surface area contributed by atoms with Crippen molar-refractivity contribution in [2.45, 2.75) is 17.9 Å². The Balaban J connectivity index is 1.69. The van der Waals surface area contributed by atoms with Crippen LogP contribution in [-0.2, 0) is 10.0 Å². The van der Waals surface area contributed by atoms with Gasteiger partial charge in [0.25, 0.3) is 0 Å². The lowest BCUT2D eigenvalue weighted by molar-refractivity contribution is 0.302. The molecule has 2 heterocycles. The molecule has 140 valence electrons. The Morgan fingerprint density at radius 2 is 1.78 bits per heavy atom. The lowest BCUT2D eigenvalue weighted by atomic mass is 10.1. The van der Waals surface area contributed by atoms with Crippen molar-refractivity contribution in [1.82, 2.24) is 19.8 Å². The number of H-pyrrole nitrogens is 1. The van der Waals surface area contributed by atoms with E-state index in [0.29, 0.717) is 30.1 Å². The number of benzene rings is 2. The van der Waals surface area contributed by atoms with E-state index in [9.17, 15) is 8.42 Å². The van der Waals surface area contributed by atoms with Crippen LogP contribution in [-0.4, -0.2) is 42.6 Å². The van der Waals surface area contributed by atoms with Crippen LogP contribution in [0.25, 0.3) is 11.1 Å². The molecule has 0 spiro atoms. The molecule has 0 aliphatic carbocycles. The standard InChI is InChI=1S/C20H22N4O2S/c1-15-18(13-22-23-15)17-9-5-6-10-20(17)27(25,26)24-12-11-21-19(14-24)16-7-3-2-4-8-16/h2-10,13,19,21H,11-12,14H2,1H3,(H,22,23). The highest BCUT2D eigenvalue weighted by atomic mass is 32.2. The molecule has 1 saturated heterocycles. The molecule has 0 amide bonds. The first-order chi connectivity index (χ1) is 13.1. The summed E-state index contributed by atoms with van der Waals surface area (Å²) in [5.41, 5.74) is 3.43. The molecule has 1 unspecified atom stereocenters. The van der Waals surface area contributed by atoms with E-state index in [1.807, 2.05) is 49.4 Å². The minimum Gasteiger partial charge on any atom is -0.308 e. The zero-order chi connectivity index (χ0) is 18.9. The molecule has 1 fully saturated rings. The fourth-order valence-corrected chi connectivity index (χ4v) is 5.19. The Kier molecular flexibility index (Phi) is 4.82. The average Bonchev–Trinajstić information content (AvgIpc) is 3.14. The van der Waals surface area contributed by atoms with E-state index in [-0.39, 0.29) is 6.04 Å². The maximum absolute atomic E-state index is 13.5. The van der Waals surface area contributed by atoms with E-state index < -0.39 is 10.0 Å². The summed E-state index contributed by atoms with van der Waals surface area (Å²) in [6.07, 6.45) is 1.67. The Morgan fingerprint density at radius 1 is 1.04 bits per heavy atom. The summed E-state index contributed by atoms with van der Waals surface area (Å²) in [7, 11) is -3.62. The van der Waals surface area contributed by atoms with Crippen molar-refractivity contribution in [1.29, 1.82) is 0 Å². The van der Waals surface area contributed by atoms with E-state index in [1.54, 1.807) is 22.6 Å².